The second-order valence-corrected chi connectivity index (χ2v) is 9.68. The van der Waals surface area contributed by atoms with Crippen LogP contribution in [0.3, 0.4) is 0 Å². The molecule has 34 heavy (non-hydrogen) atoms. The van der Waals surface area contributed by atoms with Gasteiger partial charge in [0, 0.05) is 6.54 Å². The van der Waals surface area contributed by atoms with Gasteiger partial charge in [0.2, 0.25) is 5.91 Å². The first-order chi connectivity index (χ1) is 16.2. The van der Waals surface area contributed by atoms with Gasteiger partial charge in [-0.05, 0) is 57.2 Å². The molecule has 178 valence electrons. The number of imidazole rings is 1. The van der Waals surface area contributed by atoms with E-state index in [0.29, 0.717) is 6.54 Å². The van der Waals surface area contributed by atoms with Crippen molar-refractivity contribution in [1.29, 1.82) is 0 Å². The molecule has 2 N–H and O–H groups in total. The standard InChI is InChI=1S/C27H32N4O3/c1-18(29-26(33)34-27(2,3)4)25(32)31-16-8-11-23(31)24-28-17-22(30-24)21-14-12-20(13-15-21)19-9-6-5-7-10-19/h5-7,9-10,12-15,17-18,23H,8,11,16H2,1-4H3,(H,28,30)(H,29,33)/t18-,23-/m0/s1. The Balaban J connectivity index is 1.44. The van der Waals surface area contributed by atoms with Gasteiger partial charge in [0.05, 0.1) is 17.9 Å². The van der Waals surface area contributed by atoms with Gasteiger partial charge >= 0.3 is 6.09 Å². The maximum atomic E-state index is 13.1. The van der Waals surface area contributed by atoms with Crippen LogP contribution in [0.25, 0.3) is 22.4 Å². The number of nitrogens with zero attached hydrogens (tertiary/aromatic N) is 2. The van der Waals surface area contributed by atoms with Crippen LogP contribution in [0.1, 0.15) is 52.4 Å². The number of ether oxygens (including phenoxy) is 1. The van der Waals surface area contributed by atoms with Crippen LogP contribution in [0.5, 0.6) is 0 Å². The number of nitrogens with one attached hydrogen (secondary N) is 2. The topological polar surface area (TPSA) is 87.3 Å². The fourth-order valence-electron chi connectivity index (χ4n) is 4.24. The van der Waals surface area contributed by atoms with E-state index in [2.05, 4.69) is 51.7 Å². The van der Waals surface area contributed by atoms with Crippen LogP contribution in [0.2, 0.25) is 0 Å². The van der Waals surface area contributed by atoms with Crippen molar-refractivity contribution in [3.63, 3.8) is 0 Å². The Kier molecular flexibility index (Phi) is 6.72. The monoisotopic (exact) mass is 460 g/mol. The van der Waals surface area contributed by atoms with E-state index in [9.17, 15) is 9.59 Å². The van der Waals surface area contributed by atoms with E-state index in [1.54, 1.807) is 32.6 Å². The number of likely N-dealkylation sites (tertiary alicyclic amines) is 1. The number of hydrogen-bond donors (Lipinski definition) is 2. The van der Waals surface area contributed by atoms with Crippen molar-refractivity contribution in [2.24, 2.45) is 0 Å². The highest BCUT2D eigenvalue weighted by Crippen LogP contribution is 2.32. The summed E-state index contributed by atoms with van der Waals surface area (Å²) in [7, 11) is 0. The number of carbonyl (C=O) groups is 2. The Hall–Kier alpha value is -3.61. The van der Waals surface area contributed by atoms with Gasteiger partial charge in [0.25, 0.3) is 0 Å². The van der Waals surface area contributed by atoms with E-state index in [0.717, 1.165) is 35.5 Å². The predicted octanol–water partition coefficient (Wildman–Crippen LogP) is 5.32. The minimum Gasteiger partial charge on any atom is -0.444 e. The molecule has 2 heterocycles. The fraction of sp³-hybridized carbons (Fsp3) is 0.370. The summed E-state index contributed by atoms with van der Waals surface area (Å²) in [5, 5.41) is 2.65. The number of rotatable bonds is 5. The van der Waals surface area contributed by atoms with E-state index in [4.69, 9.17) is 4.74 Å². The molecule has 2 atom stereocenters. The van der Waals surface area contributed by atoms with Gasteiger partial charge in [-0.1, -0.05) is 54.6 Å². The highest BCUT2D eigenvalue weighted by molar-refractivity contribution is 5.86. The third-order valence-electron chi connectivity index (χ3n) is 5.85. The van der Waals surface area contributed by atoms with Crippen LogP contribution in [0.15, 0.2) is 60.8 Å². The van der Waals surface area contributed by atoms with Crippen molar-refractivity contribution >= 4 is 12.0 Å². The molecule has 1 saturated heterocycles. The summed E-state index contributed by atoms with van der Waals surface area (Å²) in [6.07, 6.45) is 2.93. The average molecular weight is 461 g/mol. The first-order valence-corrected chi connectivity index (χ1v) is 11.7. The molecule has 4 rings (SSSR count). The SMILES string of the molecule is C[C@H](NC(=O)OC(C)(C)C)C(=O)N1CCC[C@H]1c1ncc(-c2ccc(-c3ccccc3)cc2)[nH]1. The van der Waals surface area contributed by atoms with E-state index >= 15 is 0 Å². The summed E-state index contributed by atoms with van der Waals surface area (Å²) < 4.78 is 5.28. The maximum absolute atomic E-state index is 13.1. The lowest BCUT2D eigenvalue weighted by Crippen LogP contribution is -2.48. The minimum atomic E-state index is -0.685. The van der Waals surface area contributed by atoms with Gasteiger partial charge in [-0.25, -0.2) is 9.78 Å². The number of aromatic amines is 1. The number of carbonyl (C=O) groups excluding carboxylic acids is 2. The molecule has 0 saturated carbocycles. The largest absolute Gasteiger partial charge is 0.444 e. The molecule has 7 nitrogen and oxygen atoms in total. The van der Waals surface area contributed by atoms with Gasteiger partial charge in [-0.15, -0.1) is 0 Å². The van der Waals surface area contributed by atoms with Crippen LogP contribution < -0.4 is 5.32 Å². The predicted molar refractivity (Wildman–Crippen MR) is 132 cm³/mol. The van der Waals surface area contributed by atoms with Gasteiger partial charge < -0.3 is 19.9 Å². The number of hydrogen-bond acceptors (Lipinski definition) is 4. The second-order valence-electron chi connectivity index (χ2n) is 9.68. The van der Waals surface area contributed by atoms with E-state index in [1.165, 1.54) is 5.56 Å². The van der Waals surface area contributed by atoms with Gasteiger partial charge in [0.15, 0.2) is 0 Å². The molecule has 1 fully saturated rings. The van der Waals surface area contributed by atoms with Gasteiger partial charge in [-0.3, -0.25) is 4.79 Å². The number of aromatic nitrogens is 2. The van der Waals surface area contributed by atoms with Crippen molar-refractivity contribution in [2.75, 3.05) is 6.54 Å². The summed E-state index contributed by atoms with van der Waals surface area (Å²) in [6.45, 7) is 7.69. The highest BCUT2D eigenvalue weighted by atomic mass is 16.6. The zero-order chi connectivity index (χ0) is 24.3. The zero-order valence-corrected chi connectivity index (χ0v) is 20.2. The molecule has 1 aliphatic heterocycles. The van der Waals surface area contributed by atoms with Crippen LogP contribution in [0.4, 0.5) is 4.79 Å². The van der Waals surface area contributed by atoms with Crippen molar-refractivity contribution in [1.82, 2.24) is 20.2 Å². The van der Waals surface area contributed by atoms with Crippen LogP contribution in [-0.2, 0) is 9.53 Å². The van der Waals surface area contributed by atoms with Gasteiger partial charge in [0.1, 0.15) is 17.5 Å². The molecule has 0 spiro atoms. The summed E-state index contributed by atoms with van der Waals surface area (Å²) >= 11 is 0. The number of alkyl carbamates (subject to hydrolysis) is 1. The first kappa shape index (κ1) is 23.5. The molecule has 3 aromatic rings. The molecule has 0 bridgehead atoms. The lowest BCUT2D eigenvalue weighted by atomic mass is 10.0. The third kappa shape index (κ3) is 5.47. The zero-order valence-electron chi connectivity index (χ0n) is 20.2. The summed E-state index contributed by atoms with van der Waals surface area (Å²) in [6, 6.07) is 17.8. The molecule has 0 unspecified atom stereocenters. The Morgan fingerprint density at radius 3 is 2.38 bits per heavy atom. The normalized spacial score (nSPS) is 16.8. The van der Waals surface area contributed by atoms with Crippen molar-refractivity contribution < 1.29 is 14.3 Å². The fourth-order valence-corrected chi connectivity index (χ4v) is 4.24. The van der Waals surface area contributed by atoms with Crippen LogP contribution >= 0.6 is 0 Å². The maximum Gasteiger partial charge on any atom is 0.408 e. The van der Waals surface area contributed by atoms with Crippen LogP contribution in [-0.4, -0.2) is 45.1 Å². The second kappa shape index (κ2) is 9.71. The molecule has 7 heteroatoms. The lowest BCUT2D eigenvalue weighted by molar-refractivity contribution is -0.134. The third-order valence-corrected chi connectivity index (χ3v) is 5.85. The van der Waals surface area contributed by atoms with E-state index < -0.39 is 17.7 Å². The van der Waals surface area contributed by atoms with Crippen molar-refractivity contribution in [3.8, 4) is 22.4 Å². The van der Waals surface area contributed by atoms with Crippen molar-refractivity contribution in [3.05, 3.63) is 66.6 Å². The quantitative estimate of drug-likeness (QED) is 0.539. The molecule has 1 aliphatic rings. The molecule has 1 aromatic heterocycles. The molecular weight excluding hydrogens is 428 g/mol. The molecule has 0 aliphatic carbocycles. The first-order valence-electron chi connectivity index (χ1n) is 11.7. The van der Waals surface area contributed by atoms with E-state index in [-0.39, 0.29) is 11.9 Å². The molecule has 0 radical (unpaired) electrons. The summed E-state index contributed by atoms with van der Waals surface area (Å²) in [4.78, 5) is 35.0. The lowest BCUT2D eigenvalue weighted by Gasteiger charge is -2.27. The average Bonchev–Trinajstić information content (AvgIpc) is 3.47. The molecule has 2 amide bonds. The van der Waals surface area contributed by atoms with E-state index in [1.807, 2.05) is 24.4 Å². The Morgan fingerprint density at radius 2 is 1.71 bits per heavy atom. The molecule has 2 aromatic carbocycles. The number of benzene rings is 2. The number of amides is 2. The minimum absolute atomic E-state index is 0.140. The Bertz CT molecular complexity index is 1130. The smallest absolute Gasteiger partial charge is 0.408 e. The number of H-pyrrole nitrogens is 1. The summed E-state index contributed by atoms with van der Waals surface area (Å²) in [5.41, 5.74) is 3.66. The van der Waals surface area contributed by atoms with Crippen LogP contribution in [0, 0.1) is 0 Å². The van der Waals surface area contributed by atoms with Gasteiger partial charge in [-0.2, -0.15) is 0 Å². The highest BCUT2D eigenvalue weighted by Gasteiger charge is 2.35. The Labute approximate surface area is 200 Å². The summed E-state index contributed by atoms with van der Waals surface area (Å²) in [5.74, 6) is 0.621. The molecular formula is C27H32N4O3. The van der Waals surface area contributed by atoms with Crippen molar-refractivity contribution in [2.45, 2.75) is 58.2 Å². The Morgan fingerprint density at radius 1 is 1.06 bits per heavy atom.